The maximum absolute atomic E-state index is 12.8. The Morgan fingerprint density at radius 3 is 2.30 bits per heavy atom. The third-order valence-corrected chi connectivity index (χ3v) is 4.69. The van der Waals surface area contributed by atoms with Crippen LogP contribution in [0.2, 0.25) is 0 Å². The molecule has 0 aliphatic rings. The Morgan fingerprint density at radius 2 is 1.73 bits per heavy atom. The minimum atomic E-state index is -1.10. The van der Waals surface area contributed by atoms with E-state index in [9.17, 15) is 19.5 Å². The first-order valence-electron chi connectivity index (χ1n) is 10.4. The second-order valence-corrected chi connectivity index (χ2v) is 8.88. The molecule has 2 amide bonds. The molecule has 0 unspecified atom stereocenters. The highest BCUT2D eigenvalue weighted by molar-refractivity contribution is 6.01. The Hall–Kier alpha value is -3.95. The molecule has 0 bridgehead atoms. The van der Waals surface area contributed by atoms with Crippen molar-refractivity contribution in [2.24, 2.45) is 5.92 Å². The molecule has 0 saturated heterocycles. The van der Waals surface area contributed by atoms with E-state index in [1.165, 1.54) is 0 Å². The fourth-order valence-electron chi connectivity index (χ4n) is 3.15. The predicted molar refractivity (Wildman–Crippen MR) is 122 cm³/mol. The van der Waals surface area contributed by atoms with Crippen LogP contribution in [0, 0.1) is 5.92 Å². The van der Waals surface area contributed by atoms with Gasteiger partial charge in [-0.15, -0.1) is 10.2 Å². The molecule has 1 atom stereocenters. The standard InChI is InChI=1S/C23H27N5O5/c1-13(2)17(21(30)31)25-20(29)16-7-6-12-28-18(26-27-19(16)28)14-8-10-15(11-9-14)24-22(32)33-23(3,4)5/h6-13,17H,1-5H3,(H,24,32)(H,25,29)(H,30,31)/t17-/m0/s1. The molecule has 3 N–H and O–H groups in total. The van der Waals surface area contributed by atoms with Crippen LogP contribution >= 0.6 is 0 Å². The molecular weight excluding hydrogens is 426 g/mol. The van der Waals surface area contributed by atoms with Crippen molar-refractivity contribution < 1.29 is 24.2 Å². The van der Waals surface area contributed by atoms with Crippen LogP contribution in [0.25, 0.3) is 17.0 Å². The quantitative estimate of drug-likeness (QED) is 0.519. The fourth-order valence-corrected chi connectivity index (χ4v) is 3.15. The topological polar surface area (TPSA) is 135 Å². The van der Waals surface area contributed by atoms with Gasteiger partial charge in [0.1, 0.15) is 11.6 Å². The van der Waals surface area contributed by atoms with Crippen molar-refractivity contribution >= 4 is 29.3 Å². The Morgan fingerprint density at radius 1 is 1.06 bits per heavy atom. The molecule has 33 heavy (non-hydrogen) atoms. The number of hydrogen-bond donors (Lipinski definition) is 3. The van der Waals surface area contributed by atoms with Gasteiger partial charge < -0.3 is 15.2 Å². The Labute approximate surface area is 191 Å². The first-order chi connectivity index (χ1) is 15.5. The van der Waals surface area contributed by atoms with Gasteiger partial charge in [-0.2, -0.15) is 0 Å². The summed E-state index contributed by atoms with van der Waals surface area (Å²) < 4.78 is 6.89. The van der Waals surface area contributed by atoms with Gasteiger partial charge in [-0.25, -0.2) is 9.59 Å². The van der Waals surface area contributed by atoms with Gasteiger partial charge in [0.05, 0.1) is 5.56 Å². The van der Waals surface area contributed by atoms with E-state index in [1.807, 2.05) is 0 Å². The molecular formula is C23H27N5O5. The van der Waals surface area contributed by atoms with Crippen molar-refractivity contribution in [1.82, 2.24) is 19.9 Å². The monoisotopic (exact) mass is 453 g/mol. The van der Waals surface area contributed by atoms with E-state index >= 15 is 0 Å². The minimum Gasteiger partial charge on any atom is -0.480 e. The van der Waals surface area contributed by atoms with Crippen LogP contribution in [0.4, 0.5) is 10.5 Å². The average Bonchev–Trinajstić information content (AvgIpc) is 3.14. The van der Waals surface area contributed by atoms with Crippen molar-refractivity contribution in [2.75, 3.05) is 5.32 Å². The third-order valence-electron chi connectivity index (χ3n) is 4.69. The van der Waals surface area contributed by atoms with Gasteiger partial charge in [-0.3, -0.25) is 14.5 Å². The van der Waals surface area contributed by atoms with Crippen molar-refractivity contribution in [3.05, 3.63) is 48.2 Å². The zero-order chi connectivity index (χ0) is 24.3. The number of carbonyl (C=O) groups excluding carboxylic acids is 2. The zero-order valence-corrected chi connectivity index (χ0v) is 19.1. The van der Waals surface area contributed by atoms with Crippen molar-refractivity contribution in [3.8, 4) is 11.4 Å². The Kier molecular flexibility index (Phi) is 6.66. The number of rotatable bonds is 6. The number of hydrogen-bond acceptors (Lipinski definition) is 6. The molecule has 0 spiro atoms. The maximum Gasteiger partial charge on any atom is 0.412 e. The predicted octanol–water partition coefficient (Wildman–Crippen LogP) is 3.58. The summed E-state index contributed by atoms with van der Waals surface area (Å²) in [6.45, 7) is 8.79. The van der Waals surface area contributed by atoms with Crippen molar-refractivity contribution in [2.45, 2.75) is 46.3 Å². The highest BCUT2D eigenvalue weighted by Gasteiger charge is 2.25. The zero-order valence-electron chi connectivity index (χ0n) is 19.1. The molecule has 0 radical (unpaired) electrons. The average molecular weight is 453 g/mol. The lowest BCUT2D eigenvalue weighted by Crippen LogP contribution is -2.44. The van der Waals surface area contributed by atoms with Gasteiger partial charge in [-0.05, 0) is 63.1 Å². The smallest absolute Gasteiger partial charge is 0.412 e. The normalized spacial score (nSPS) is 12.4. The second kappa shape index (κ2) is 9.27. The lowest BCUT2D eigenvalue weighted by molar-refractivity contribution is -0.140. The van der Waals surface area contributed by atoms with Gasteiger partial charge in [0.15, 0.2) is 11.5 Å². The van der Waals surface area contributed by atoms with E-state index in [2.05, 4.69) is 20.8 Å². The first kappa shape index (κ1) is 23.7. The van der Waals surface area contributed by atoms with E-state index in [4.69, 9.17) is 4.74 Å². The lowest BCUT2D eigenvalue weighted by Gasteiger charge is -2.19. The number of carboxylic acid groups (broad SMARTS) is 1. The van der Waals surface area contributed by atoms with E-state index < -0.39 is 29.6 Å². The van der Waals surface area contributed by atoms with Crippen LogP contribution < -0.4 is 10.6 Å². The highest BCUT2D eigenvalue weighted by atomic mass is 16.6. The fraction of sp³-hybridized carbons (Fsp3) is 0.348. The summed E-state index contributed by atoms with van der Waals surface area (Å²) >= 11 is 0. The number of anilines is 1. The Balaban J connectivity index is 1.84. The summed E-state index contributed by atoms with van der Waals surface area (Å²) in [5.41, 5.74) is 1.17. The summed E-state index contributed by atoms with van der Waals surface area (Å²) in [7, 11) is 0. The van der Waals surface area contributed by atoms with Gasteiger partial charge in [0, 0.05) is 17.4 Å². The highest BCUT2D eigenvalue weighted by Crippen LogP contribution is 2.22. The molecule has 0 aliphatic carbocycles. The SMILES string of the molecule is CC(C)[C@H](NC(=O)c1cccn2c(-c3ccc(NC(=O)OC(C)(C)C)cc3)nnc12)C(=O)O. The first-order valence-corrected chi connectivity index (χ1v) is 10.4. The summed E-state index contributed by atoms with van der Waals surface area (Å²) in [6.07, 6.45) is 1.16. The van der Waals surface area contributed by atoms with Crippen molar-refractivity contribution in [3.63, 3.8) is 0 Å². The van der Waals surface area contributed by atoms with Crippen molar-refractivity contribution in [1.29, 1.82) is 0 Å². The molecule has 3 aromatic rings. The van der Waals surface area contributed by atoms with E-state index in [0.717, 1.165) is 0 Å². The van der Waals surface area contributed by atoms with Crippen LogP contribution in [0.3, 0.4) is 0 Å². The summed E-state index contributed by atoms with van der Waals surface area (Å²) in [4.78, 5) is 36.1. The number of pyridine rings is 1. The molecule has 0 saturated carbocycles. The lowest BCUT2D eigenvalue weighted by atomic mass is 10.0. The number of fused-ring (bicyclic) bond motifs is 1. The number of aromatic nitrogens is 3. The van der Waals surface area contributed by atoms with Gasteiger partial charge in [0.25, 0.3) is 5.91 Å². The number of nitrogens with zero attached hydrogens (tertiary/aromatic N) is 3. The summed E-state index contributed by atoms with van der Waals surface area (Å²) in [5, 5.41) is 22.9. The van der Waals surface area contributed by atoms with Crippen LogP contribution in [0.15, 0.2) is 42.6 Å². The number of carboxylic acids is 1. The maximum atomic E-state index is 12.8. The number of ether oxygens (including phenoxy) is 1. The van der Waals surface area contributed by atoms with Crippen LogP contribution in [0.1, 0.15) is 45.0 Å². The number of aliphatic carboxylic acids is 1. The summed E-state index contributed by atoms with van der Waals surface area (Å²) in [5.74, 6) is -1.44. The van der Waals surface area contributed by atoms with Crippen LogP contribution in [-0.4, -0.2) is 49.3 Å². The molecule has 1 aromatic carbocycles. The van der Waals surface area contributed by atoms with E-state index in [1.54, 1.807) is 81.6 Å². The molecule has 2 aromatic heterocycles. The van der Waals surface area contributed by atoms with Gasteiger partial charge >= 0.3 is 12.1 Å². The minimum absolute atomic E-state index is 0.214. The molecule has 10 heteroatoms. The van der Waals surface area contributed by atoms with Crippen LogP contribution in [0.5, 0.6) is 0 Å². The molecule has 2 heterocycles. The Bertz CT molecular complexity index is 1180. The molecule has 10 nitrogen and oxygen atoms in total. The molecule has 0 fully saturated rings. The molecule has 3 rings (SSSR count). The molecule has 0 aliphatic heterocycles. The number of amides is 2. The third kappa shape index (κ3) is 5.65. The van der Waals surface area contributed by atoms with Gasteiger partial charge in [0.2, 0.25) is 0 Å². The number of nitrogens with one attached hydrogen (secondary N) is 2. The van der Waals surface area contributed by atoms with E-state index in [0.29, 0.717) is 22.7 Å². The van der Waals surface area contributed by atoms with Gasteiger partial charge in [-0.1, -0.05) is 13.8 Å². The number of benzene rings is 1. The summed E-state index contributed by atoms with van der Waals surface area (Å²) in [6, 6.07) is 9.14. The largest absolute Gasteiger partial charge is 0.480 e. The molecule has 174 valence electrons. The van der Waals surface area contributed by atoms with Crippen LogP contribution in [-0.2, 0) is 9.53 Å². The second-order valence-electron chi connectivity index (χ2n) is 8.88. The number of carbonyl (C=O) groups is 3. The van der Waals surface area contributed by atoms with E-state index in [-0.39, 0.29) is 11.5 Å².